The summed E-state index contributed by atoms with van der Waals surface area (Å²) in [4.78, 5) is 37.0. The number of fused-ring (bicyclic) bond motifs is 2. The molecule has 32 heavy (non-hydrogen) atoms. The molecule has 0 aliphatic rings. The van der Waals surface area contributed by atoms with Crippen LogP contribution in [-0.4, -0.2) is 20.9 Å². The molecule has 0 aliphatic carbocycles. The number of rotatable bonds is 4. The van der Waals surface area contributed by atoms with Crippen molar-refractivity contribution >= 4 is 39.4 Å². The lowest BCUT2D eigenvalue weighted by Crippen LogP contribution is -2.15. The molecule has 2 heterocycles. The molecule has 0 spiro atoms. The second-order valence-electron chi connectivity index (χ2n) is 7.19. The van der Waals surface area contributed by atoms with E-state index in [2.05, 4.69) is 15.0 Å². The summed E-state index contributed by atoms with van der Waals surface area (Å²) < 4.78 is 5.51. The number of hydrogen-bond donors (Lipinski definition) is 1. The summed E-state index contributed by atoms with van der Waals surface area (Å²) >= 11 is 6.01. The van der Waals surface area contributed by atoms with Crippen LogP contribution in [0, 0.1) is 0 Å². The number of hydrogen-bond acceptors (Lipinski definition) is 5. The Morgan fingerprint density at radius 3 is 2.50 bits per heavy atom. The van der Waals surface area contributed by atoms with E-state index in [1.807, 2.05) is 54.6 Å². The molecule has 2 aromatic heterocycles. The molecule has 0 unspecified atom stereocenters. The number of aromatic nitrogens is 3. The molecular formula is C25H16ClN3O3. The fourth-order valence-electron chi connectivity index (χ4n) is 3.54. The number of ether oxygens (including phenoxy) is 1. The molecule has 0 radical (unpaired) electrons. The van der Waals surface area contributed by atoms with E-state index in [0.29, 0.717) is 38.1 Å². The first-order chi connectivity index (χ1) is 15.6. The number of carbonyl (C=O) groups excluding carboxylic acids is 1. The smallest absolute Gasteiger partial charge is 0.339 e. The van der Waals surface area contributed by atoms with E-state index in [1.54, 1.807) is 24.3 Å². The normalized spacial score (nSPS) is 11.0. The predicted molar refractivity (Wildman–Crippen MR) is 124 cm³/mol. The second kappa shape index (κ2) is 8.24. The standard InChI is InChI=1S/C25H16ClN3O3/c26-16-10-11-18-22(12-16)28-23(29-24(18)30)14-32-25(31)19-13-21(15-6-2-1-3-7-15)27-20-9-5-4-8-17(19)20/h1-13H,14H2,(H,28,29,30). The zero-order valence-corrected chi connectivity index (χ0v) is 17.5. The predicted octanol–water partition coefficient (Wildman–Crippen LogP) is 5.15. The lowest BCUT2D eigenvalue weighted by Gasteiger charge is -2.10. The molecule has 156 valence electrons. The van der Waals surface area contributed by atoms with Gasteiger partial charge in [0.2, 0.25) is 0 Å². The van der Waals surface area contributed by atoms with Gasteiger partial charge in [-0.3, -0.25) is 4.79 Å². The molecule has 0 atom stereocenters. The fraction of sp³-hybridized carbons (Fsp3) is 0.0400. The van der Waals surface area contributed by atoms with Crippen LogP contribution in [0.5, 0.6) is 0 Å². The van der Waals surface area contributed by atoms with E-state index in [9.17, 15) is 9.59 Å². The maximum absolute atomic E-state index is 13.0. The average Bonchev–Trinajstić information content (AvgIpc) is 2.82. The van der Waals surface area contributed by atoms with Crippen molar-refractivity contribution in [1.29, 1.82) is 0 Å². The molecule has 0 aliphatic heterocycles. The highest BCUT2D eigenvalue weighted by Gasteiger charge is 2.16. The van der Waals surface area contributed by atoms with Crippen LogP contribution in [-0.2, 0) is 11.3 Å². The molecule has 6 nitrogen and oxygen atoms in total. The molecule has 5 rings (SSSR count). The Morgan fingerprint density at radius 2 is 1.66 bits per heavy atom. The van der Waals surface area contributed by atoms with Crippen molar-refractivity contribution < 1.29 is 9.53 Å². The number of halogens is 1. The summed E-state index contributed by atoms with van der Waals surface area (Å²) in [5.74, 6) is -0.297. The van der Waals surface area contributed by atoms with Gasteiger partial charge in [-0.2, -0.15) is 0 Å². The van der Waals surface area contributed by atoms with Gasteiger partial charge in [-0.15, -0.1) is 0 Å². The van der Waals surface area contributed by atoms with E-state index < -0.39 is 5.97 Å². The van der Waals surface area contributed by atoms with Gasteiger partial charge >= 0.3 is 5.97 Å². The number of para-hydroxylation sites is 1. The highest BCUT2D eigenvalue weighted by Crippen LogP contribution is 2.25. The summed E-state index contributed by atoms with van der Waals surface area (Å²) in [6.07, 6.45) is 0. The van der Waals surface area contributed by atoms with Crippen molar-refractivity contribution in [3.63, 3.8) is 0 Å². The second-order valence-corrected chi connectivity index (χ2v) is 7.62. The number of H-pyrrole nitrogens is 1. The van der Waals surface area contributed by atoms with Gasteiger partial charge < -0.3 is 9.72 Å². The third-order valence-corrected chi connectivity index (χ3v) is 5.30. The van der Waals surface area contributed by atoms with Gasteiger partial charge in [0.25, 0.3) is 5.56 Å². The molecular weight excluding hydrogens is 426 g/mol. The Bertz CT molecular complexity index is 1530. The Hall–Kier alpha value is -4.03. The first-order valence-corrected chi connectivity index (χ1v) is 10.3. The first kappa shape index (κ1) is 19.9. The van der Waals surface area contributed by atoms with Gasteiger partial charge in [-0.25, -0.2) is 14.8 Å². The van der Waals surface area contributed by atoms with E-state index in [1.165, 1.54) is 0 Å². The number of benzene rings is 3. The molecule has 5 aromatic rings. The fourth-order valence-corrected chi connectivity index (χ4v) is 3.71. The number of nitrogens with one attached hydrogen (secondary N) is 1. The molecule has 1 N–H and O–H groups in total. The summed E-state index contributed by atoms with van der Waals surface area (Å²) in [5.41, 5.74) is 2.76. The van der Waals surface area contributed by atoms with Crippen molar-refractivity contribution in [2.75, 3.05) is 0 Å². The Labute approximate surface area is 187 Å². The zero-order chi connectivity index (χ0) is 22.1. The summed E-state index contributed by atoms with van der Waals surface area (Å²) in [5, 5.41) is 1.57. The molecule has 3 aromatic carbocycles. The van der Waals surface area contributed by atoms with Gasteiger partial charge in [0, 0.05) is 16.0 Å². The average molecular weight is 442 g/mol. The van der Waals surface area contributed by atoms with E-state index in [4.69, 9.17) is 16.3 Å². The summed E-state index contributed by atoms with van der Waals surface area (Å²) in [7, 11) is 0. The SMILES string of the molecule is O=C(OCc1nc2cc(Cl)ccc2c(=O)[nH]1)c1cc(-c2ccccc2)nc2ccccc12. The number of nitrogens with zero attached hydrogens (tertiary/aromatic N) is 2. The number of carbonyl (C=O) groups is 1. The van der Waals surface area contributed by atoms with E-state index >= 15 is 0 Å². The van der Waals surface area contributed by atoms with Gasteiger partial charge in [-0.05, 0) is 30.3 Å². The van der Waals surface area contributed by atoms with Crippen LogP contribution in [0.1, 0.15) is 16.2 Å². The maximum Gasteiger partial charge on any atom is 0.339 e. The topological polar surface area (TPSA) is 84.9 Å². The Balaban J connectivity index is 1.49. The van der Waals surface area contributed by atoms with Crippen LogP contribution >= 0.6 is 11.6 Å². The van der Waals surface area contributed by atoms with E-state index in [-0.39, 0.29) is 18.0 Å². The van der Waals surface area contributed by atoms with Gasteiger partial charge in [0.15, 0.2) is 0 Å². The van der Waals surface area contributed by atoms with Crippen molar-refractivity contribution in [3.05, 3.63) is 106 Å². The van der Waals surface area contributed by atoms with Crippen molar-refractivity contribution in [2.24, 2.45) is 0 Å². The number of esters is 1. The largest absolute Gasteiger partial charge is 0.454 e. The number of aromatic amines is 1. The van der Waals surface area contributed by atoms with Crippen LogP contribution in [0.25, 0.3) is 33.1 Å². The van der Waals surface area contributed by atoms with Crippen molar-refractivity contribution in [1.82, 2.24) is 15.0 Å². The molecule has 0 fully saturated rings. The van der Waals surface area contributed by atoms with Crippen LogP contribution in [0.2, 0.25) is 5.02 Å². The summed E-state index contributed by atoms with van der Waals surface area (Å²) in [6.45, 7) is -0.187. The summed E-state index contributed by atoms with van der Waals surface area (Å²) in [6, 6.07) is 23.5. The monoisotopic (exact) mass is 441 g/mol. The molecule has 7 heteroatoms. The van der Waals surface area contributed by atoms with Gasteiger partial charge in [-0.1, -0.05) is 60.1 Å². The quantitative estimate of drug-likeness (QED) is 0.390. The molecule has 0 saturated carbocycles. The Morgan fingerprint density at radius 1 is 0.875 bits per heavy atom. The van der Waals surface area contributed by atoms with Gasteiger partial charge in [0.1, 0.15) is 12.4 Å². The number of pyridine rings is 1. The maximum atomic E-state index is 13.0. The van der Waals surface area contributed by atoms with Crippen molar-refractivity contribution in [2.45, 2.75) is 6.61 Å². The lowest BCUT2D eigenvalue weighted by atomic mass is 10.0. The zero-order valence-electron chi connectivity index (χ0n) is 16.7. The van der Waals surface area contributed by atoms with Gasteiger partial charge in [0.05, 0.1) is 27.7 Å². The first-order valence-electron chi connectivity index (χ1n) is 9.89. The highest BCUT2D eigenvalue weighted by molar-refractivity contribution is 6.31. The highest BCUT2D eigenvalue weighted by atomic mass is 35.5. The van der Waals surface area contributed by atoms with E-state index in [0.717, 1.165) is 5.56 Å². The molecule has 0 amide bonds. The lowest BCUT2D eigenvalue weighted by molar-refractivity contribution is 0.0464. The molecule has 0 saturated heterocycles. The van der Waals surface area contributed by atoms with Crippen LogP contribution < -0.4 is 5.56 Å². The molecule has 0 bridgehead atoms. The van der Waals surface area contributed by atoms with Crippen molar-refractivity contribution in [3.8, 4) is 11.3 Å². The third-order valence-electron chi connectivity index (χ3n) is 5.06. The Kier molecular flexibility index (Phi) is 5.13. The minimum absolute atomic E-state index is 0.187. The third kappa shape index (κ3) is 3.84. The minimum atomic E-state index is -0.533. The van der Waals surface area contributed by atoms with Crippen LogP contribution in [0.15, 0.2) is 83.7 Å². The van der Waals surface area contributed by atoms with Crippen LogP contribution in [0.4, 0.5) is 0 Å². The minimum Gasteiger partial charge on any atom is -0.454 e. The van der Waals surface area contributed by atoms with Crippen LogP contribution in [0.3, 0.4) is 0 Å².